The molecule has 0 fully saturated rings. The van der Waals surface area contributed by atoms with Gasteiger partial charge in [-0.1, -0.05) is 32.0 Å². The number of alkyl halides is 3. The third-order valence-corrected chi connectivity index (χ3v) is 5.77. The number of nitrogens with two attached hydrogens (primary N) is 1. The Labute approximate surface area is 193 Å². The van der Waals surface area contributed by atoms with Gasteiger partial charge in [-0.15, -0.1) is 0 Å². The molecule has 184 valence electrons. The maximum Gasteiger partial charge on any atom is 0.416 e. The number of amides is 3. The smallest absolute Gasteiger partial charge is 0.416 e. The molecule has 0 saturated carbocycles. The van der Waals surface area contributed by atoms with Crippen LogP contribution in [0.4, 0.5) is 23.7 Å². The van der Waals surface area contributed by atoms with E-state index in [1.807, 2.05) is 5.32 Å². The van der Waals surface area contributed by atoms with E-state index < -0.39 is 56.6 Å². The lowest BCUT2D eigenvalue weighted by atomic mass is 10.1. The minimum atomic E-state index is -4.70. The minimum Gasteiger partial charge on any atom is -0.452 e. The van der Waals surface area contributed by atoms with Crippen LogP contribution < -0.4 is 15.8 Å². The van der Waals surface area contributed by atoms with Crippen LogP contribution in [0.1, 0.15) is 25.0 Å². The third kappa shape index (κ3) is 7.47. The lowest BCUT2D eigenvalue weighted by Crippen LogP contribution is -2.45. The van der Waals surface area contributed by atoms with E-state index >= 15 is 0 Å². The Morgan fingerprint density at radius 2 is 1.68 bits per heavy atom. The Balaban J connectivity index is 2.07. The number of sulfonamides is 1. The van der Waals surface area contributed by atoms with Crippen molar-refractivity contribution in [3.8, 4) is 0 Å². The van der Waals surface area contributed by atoms with Crippen molar-refractivity contribution in [1.29, 1.82) is 0 Å². The fraction of sp³-hybridized carbons (Fsp3) is 0.286. The Kier molecular flexibility index (Phi) is 8.26. The summed E-state index contributed by atoms with van der Waals surface area (Å²) in [6.07, 6.45) is -6.22. The molecule has 3 amide bonds. The highest BCUT2D eigenvalue weighted by molar-refractivity contribution is 7.92. The van der Waals surface area contributed by atoms with Crippen LogP contribution in [0.15, 0.2) is 53.4 Å². The van der Waals surface area contributed by atoms with Crippen LogP contribution in [0.25, 0.3) is 0 Å². The van der Waals surface area contributed by atoms with Crippen LogP contribution >= 0.6 is 0 Å². The van der Waals surface area contributed by atoms with Crippen LogP contribution in [0.2, 0.25) is 0 Å². The second-order valence-corrected chi connectivity index (χ2v) is 9.20. The summed E-state index contributed by atoms with van der Waals surface area (Å²) in [6.45, 7) is 3.20. The largest absolute Gasteiger partial charge is 0.452 e. The van der Waals surface area contributed by atoms with Crippen LogP contribution in [0.3, 0.4) is 0 Å². The van der Waals surface area contributed by atoms with Crippen molar-refractivity contribution in [2.75, 3.05) is 4.72 Å². The molecule has 2 rings (SSSR count). The molecule has 0 spiro atoms. The van der Waals surface area contributed by atoms with Gasteiger partial charge in [-0.3, -0.25) is 19.6 Å². The van der Waals surface area contributed by atoms with E-state index in [1.165, 1.54) is 24.3 Å². The highest BCUT2D eigenvalue weighted by Crippen LogP contribution is 2.31. The number of benzene rings is 2. The third-order valence-electron chi connectivity index (χ3n) is 4.40. The number of ether oxygens (including phenoxy) is 1. The van der Waals surface area contributed by atoms with Gasteiger partial charge in [0.2, 0.25) is 0 Å². The van der Waals surface area contributed by atoms with Gasteiger partial charge in [0, 0.05) is 5.69 Å². The number of nitrogens with one attached hydrogen (secondary N) is 2. The Morgan fingerprint density at radius 1 is 1.06 bits per heavy atom. The molecule has 0 saturated heterocycles. The number of imide groups is 1. The van der Waals surface area contributed by atoms with Gasteiger partial charge >= 0.3 is 18.2 Å². The summed E-state index contributed by atoms with van der Waals surface area (Å²) >= 11 is 0. The molecule has 9 nitrogen and oxygen atoms in total. The first kappa shape index (κ1) is 26.6. The zero-order chi connectivity index (χ0) is 25.7. The molecule has 1 atom stereocenters. The number of carbonyl (C=O) groups excluding carboxylic acids is 3. The van der Waals surface area contributed by atoms with Crippen LogP contribution in [0, 0.1) is 5.92 Å². The average molecular weight is 501 g/mol. The Bertz CT molecular complexity index is 1170. The maximum atomic E-state index is 12.9. The Hall–Kier alpha value is -3.61. The van der Waals surface area contributed by atoms with Crippen molar-refractivity contribution in [3.63, 3.8) is 0 Å². The molecule has 0 aliphatic carbocycles. The van der Waals surface area contributed by atoms with Crippen molar-refractivity contribution in [1.82, 2.24) is 5.32 Å². The Morgan fingerprint density at radius 3 is 2.21 bits per heavy atom. The quantitative estimate of drug-likeness (QED) is 0.475. The van der Waals surface area contributed by atoms with Crippen molar-refractivity contribution < 1.29 is 40.7 Å². The molecule has 13 heteroatoms. The highest BCUT2D eigenvalue weighted by atomic mass is 32.2. The summed E-state index contributed by atoms with van der Waals surface area (Å²) in [5.41, 5.74) is 4.25. The molecular weight excluding hydrogens is 479 g/mol. The van der Waals surface area contributed by atoms with Crippen LogP contribution in [0.5, 0.6) is 0 Å². The molecule has 4 N–H and O–H groups in total. The first-order valence-corrected chi connectivity index (χ1v) is 11.3. The predicted molar refractivity (Wildman–Crippen MR) is 115 cm³/mol. The van der Waals surface area contributed by atoms with Gasteiger partial charge in [0.05, 0.1) is 16.9 Å². The summed E-state index contributed by atoms with van der Waals surface area (Å²) < 4.78 is 70.8. The summed E-state index contributed by atoms with van der Waals surface area (Å²) in [4.78, 5) is 34.4. The maximum absolute atomic E-state index is 12.9. The molecule has 34 heavy (non-hydrogen) atoms. The fourth-order valence-corrected chi connectivity index (χ4v) is 3.88. The van der Waals surface area contributed by atoms with Crippen molar-refractivity contribution in [2.24, 2.45) is 11.7 Å². The normalized spacial score (nSPS) is 12.6. The molecule has 0 aliphatic rings. The van der Waals surface area contributed by atoms with Gasteiger partial charge in [0.25, 0.3) is 15.9 Å². The summed E-state index contributed by atoms with van der Waals surface area (Å²) in [6, 6.07) is 7.64. The van der Waals surface area contributed by atoms with E-state index in [9.17, 15) is 36.0 Å². The molecule has 0 aromatic heterocycles. The van der Waals surface area contributed by atoms with E-state index in [4.69, 9.17) is 10.5 Å². The summed E-state index contributed by atoms with van der Waals surface area (Å²) in [5.74, 6) is -2.10. The van der Waals surface area contributed by atoms with E-state index in [0.717, 1.165) is 18.2 Å². The topological polar surface area (TPSA) is 145 Å². The van der Waals surface area contributed by atoms with Gasteiger partial charge < -0.3 is 10.5 Å². The number of esters is 1. The lowest BCUT2D eigenvalue weighted by molar-refractivity contribution is -0.157. The number of rotatable bonds is 8. The molecule has 0 radical (unpaired) electrons. The monoisotopic (exact) mass is 501 g/mol. The van der Waals surface area contributed by atoms with Crippen molar-refractivity contribution in [3.05, 3.63) is 59.7 Å². The van der Waals surface area contributed by atoms with Crippen molar-refractivity contribution in [2.45, 2.75) is 37.4 Å². The number of carbonyl (C=O) groups is 3. The van der Waals surface area contributed by atoms with Gasteiger partial charge in [-0.05, 0) is 41.8 Å². The number of anilines is 1. The fourth-order valence-electron chi connectivity index (χ4n) is 2.78. The number of halogens is 3. The van der Waals surface area contributed by atoms with Crippen molar-refractivity contribution >= 4 is 33.6 Å². The molecule has 2 aromatic carbocycles. The second kappa shape index (κ2) is 10.5. The molecule has 0 aliphatic heterocycles. The molecule has 0 heterocycles. The summed E-state index contributed by atoms with van der Waals surface area (Å²) in [5, 5.41) is 1.84. The molecule has 0 unspecified atom stereocenters. The number of urea groups is 1. The summed E-state index contributed by atoms with van der Waals surface area (Å²) in [7, 11) is -4.30. The lowest BCUT2D eigenvalue weighted by Gasteiger charge is -2.19. The minimum absolute atomic E-state index is 0.0513. The van der Waals surface area contributed by atoms with E-state index in [1.54, 1.807) is 13.8 Å². The molecule has 0 bridgehead atoms. The first-order chi connectivity index (χ1) is 15.7. The first-order valence-electron chi connectivity index (χ1n) is 9.78. The van der Waals surface area contributed by atoms with Gasteiger partial charge in [0.15, 0.2) is 6.10 Å². The zero-order valence-electron chi connectivity index (χ0n) is 18.0. The van der Waals surface area contributed by atoms with E-state index in [2.05, 4.69) is 4.72 Å². The van der Waals surface area contributed by atoms with Gasteiger partial charge in [-0.2, -0.15) is 13.2 Å². The number of primary amides is 1. The predicted octanol–water partition coefficient (Wildman–Crippen LogP) is 2.81. The van der Waals surface area contributed by atoms with Crippen LogP contribution in [-0.2, 0) is 36.9 Å². The highest BCUT2D eigenvalue weighted by Gasteiger charge is 2.32. The molecule has 2 aromatic rings. The average Bonchev–Trinajstić information content (AvgIpc) is 2.72. The number of hydrogen-bond donors (Lipinski definition) is 3. The van der Waals surface area contributed by atoms with E-state index in [0.29, 0.717) is 11.6 Å². The van der Waals surface area contributed by atoms with Gasteiger partial charge in [0.1, 0.15) is 0 Å². The molecular formula is C21H22F3N3O6S. The van der Waals surface area contributed by atoms with Gasteiger partial charge in [-0.25, -0.2) is 13.2 Å². The SMILES string of the molecule is CC(C)[C@H](OC(=O)Cc1ccc(NS(=O)(=O)c2cccc(C(F)(F)F)c2)cc1)C(=O)NC(N)=O. The number of hydrogen-bond acceptors (Lipinski definition) is 6. The zero-order valence-corrected chi connectivity index (χ0v) is 18.9. The van der Waals surface area contributed by atoms with Crippen LogP contribution in [-0.4, -0.2) is 32.4 Å². The standard InChI is InChI=1S/C21H22F3N3O6S/c1-12(2)18(19(29)26-20(25)30)33-17(28)10-13-6-8-15(9-7-13)27-34(31,32)16-5-3-4-14(11-16)21(22,23)24/h3-9,11-12,18,27H,10H2,1-2H3,(H3,25,26,29,30)/t18-/m0/s1. The van der Waals surface area contributed by atoms with E-state index in [-0.39, 0.29) is 12.1 Å². The second-order valence-electron chi connectivity index (χ2n) is 7.51.